The monoisotopic (exact) mass is 219 g/mol. The van der Waals surface area contributed by atoms with E-state index in [1.165, 1.54) is 11.1 Å². The van der Waals surface area contributed by atoms with Gasteiger partial charge in [0.25, 0.3) is 0 Å². The Labute approximate surface area is 95.2 Å². The molecular formula is C12H17N3O. The third-order valence-corrected chi connectivity index (χ3v) is 2.72. The van der Waals surface area contributed by atoms with Crippen LogP contribution in [0.3, 0.4) is 0 Å². The molecule has 0 spiro atoms. The average molecular weight is 219 g/mol. The van der Waals surface area contributed by atoms with Crippen LogP contribution in [0.1, 0.15) is 17.5 Å². The molecule has 1 aromatic rings. The fourth-order valence-corrected chi connectivity index (χ4v) is 1.88. The van der Waals surface area contributed by atoms with Crippen molar-refractivity contribution in [2.45, 2.75) is 19.4 Å². The third-order valence-electron chi connectivity index (χ3n) is 2.72. The molecule has 2 rings (SSSR count). The predicted molar refractivity (Wildman–Crippen MR) is 64.2 cm³/mol. The van der Waals surface area contributed by atoms with Gasteiger partial charge in [-0.2, -0.15) is 0 Å². The second-order valence-corrected chi connectivity index (χ2v) is 4.01. The van der Waals surface area contributed by atoms with E-state index in [0.717, 1.165) is 25.2 Å². The summed E-state index contributed by atoms with van der Waals surface area (Å²) in [5, 5.41) is 6.13. The van der Waals surface area contributed by atoms with Crippen LogP contribution in [0.25, 0.3) is 0 Å². The van der Waals surface area contributed by atoms with Crippen molar-refractivity contribution in [2.75, 3.05) is 18.4 Å². The van der Waals surface area contributed by atoms with Gasteiger partial charge in [0.2, 0.25) is 5.91 Å². The van der Waals surface area contributed by atoms with Gasteiger partial charge in [-0.3, -0.25) is 4.79 Å². The molecule has 1 aliphatic heterocycles. The Morgan fingerprint density at radius 3 is 3.06 bits per heavy atom. The maximum absolute atomic E-state index is 11.2. The van der Waals surface area contributed by atoms with E-state index in [-0.39, 0.29) is 5.91 Å². The number of benzene rings is 1. The number of aryl methyl sites for hydroxylation is 1. The van der Waals surface area contributed by atoms with Crippen molar-refractivity contribution in [1.82, 2.24) is 5.32 Å². The van der Waals surface area contributed by atoms with Gasteiger partial charge in [-0.25, -0.2) is 0 Å². The molecule has 4 nitrogen and oxygen atoms in total. The smallest absolute Gasteiger partial charge is 0.224 e. The molecule has 0 aromatic heterocycles. The van der Waals surface area contributed by atoms with Gasteiger partial charge in [0.05, 0.1) is 0 Å². The summed E-state index contributed by atoms with van der Waals surface area (Å²) in [7, 11) is 0. The molecule has 0 unspecified atom stereocenters. The van der Waals surface area contributed by atoms with Crippen LogP contribution in [0.2, 0.25) is 0 Å². The van der Waals surface area contributed by atoms with E-state index in [1.807, 2.05) is 12.1 Å². The lowest BCUT2D eigenvalue weighted by molar-refractivity contribution is -0.116. The maximum Gasteiger partial charge on any atom is 0.224 e. The molecule has 0 radical (unpaired) electrons. The first-order valence-corrected chi connectivity index (χ1v) is 5.62. The highest BCUT2D eigenvalue weighted by molar-refractivity contribution is 5.93. The highest BCUT2D eigenvalue weighted by atomic mass is 16.1. The highest BCUT2D eigenvalue weighted by Crippen LogP contribution is 2.23. The van der Waals surface area contributed by atoms with Gasteiger partial charge >= 0.3 is 0 Å². The molecule has 0 aliphatic carbocycles. The lowest BCUT2D eigenvalue weighted by atomic mass is 10.0. The van der Waals surface area contributed by atoms with Gasteiger partial charge in [-0.1, -0.05) is 12.1 Å². The van der Waals surface area contributed by atoms with Gasteiger partial charge in [-0.15, -0.1) is 0 Å². The fourth-order valence-electron chi connectivity index (χ4n) is 1.88. The number of hydrogen-bond donors (Lipinski definition) is 3. The van der Waals surface area contributed by atoms with E-state index in [2.05, 4.69) is 16.7 Å². The average Bonchev–Trinajstić information content (AvgIpc) is 2.29. The Kier molecular flexibility index (Phi) is 3.54. The van der Waals surface area contributed by atoms with Crippen LogP contribution in [-0.2, 0) is 17.8 Å². The van der Waals surface area contributed by atoms with E-state index in [4.69, 9.17) is 5.73 Å². The number of amides is 1. The lowest BCUT2D eigenvalue weighted by Gasteiger charge is -2.17. The SMILES string of the molecule is NCCNCc1ccc2c(c1)CCC(=O)N2. The summed E-state index contributed by atoms with van der Waals surface area (Å²) in [6.07, 6.45) is 1.43. The zero-order valence-corrected chi connectivity index (χ0v) is 9.25. The van der Waals surface area contributed by atoms with Crippen molar-refractivity contribution in [1.29, 1.82) is 0 Å². The molecule has 1 heterocycles. The van der Waals surface area contributed by atoms with Crippen molar-refractivity contribution >= 4 is 11.6 Å². The Hall–Kier alpha value is -1.39. The lowest BCUT2D eigenvalue weighted by Crippen LogP contribution is -2.22. The molecule has 16 heavy (non-hydrogen) atoms. The van der Waals surface area contributed by atoms with Crippen LogP contribution in [0.15, 0.2) is 18.2 Å². The van der Waals surface area contributed by atoms with Crippen molar-refractivity contribution in [3.8, 4) is 0 Å². The molecular weight excluding hydrogens is 202 g/mol. The van der Waals surface area contributed by atoms with Crippen LogP contribution in [0.4, 0.5) is 5.69 Å². The number of nitrogens with two attached hydrogens (primary N) is 1. The molecule has 1 aliphatic rings. The number of hydrogen-bond acceptors (Lipinski definition) is 3. The number of rotatable bonds is 4. The zero-order chi connectivity index (χ0) is 11.4. The summed E-state index contributed by atoms with van der Waals surface area (Å²) >= 11 is 0. The van der Waals surface area contributed by atoms with Gasteiger partial charge < -0.3 is 16.4 Å². The van der Waals surface area contributed by atoms with Crippen molar-refractivity contribution in [2.24, 2.45) is 5.73 Å². The number of carbonyl (C=O) groups excluding carboxylic acids is 1. The molecule has 86 valence electrons. The van der Waals surface area contributed by atoms with Crippen LogP contribution in [-0.4, -0.2) is 19.0 Å². The molecule has 1 aromatic carbocycles. The summed E-state index contributed by atoms with van der Waals surface area (Å²) in [5.74, 6) is 0.113. The van der Waals surface area contributed by atoms with Crippen molar-refractivity contribution < 1.29 is 4.79 Å². The number of anilines is 1. The first-order chi connectivity index (χ1) is 7.79. The Morgan fingerprint density at radius 2 is 2.25 bits per heavy atom. The minimum atomic E-state index is 0.113. The van der Waals surface area contributed by atoms with E-state index >= 15 is 0 Å². The first-order valence-electron chi connectivity index (χ1n) is 5.62. The zero-order valence-electron chi connectivity index (χ0n) is 9.25. The van der Waals surface area contributed by atoms with Crippen LogP contribution in [0, 0.1) is 0 Å². The van der Waals surface area contributed by atoms with E-state index < -0.39 is 0 Å². The molecule has 0 saturated carbocycles. The second kappa shape index (κ2) is 5.09. The summed E-state index contributed by atoms with van der Waals surface area (Å²) < 4.78 is 0. The molecule has 0 fully saturated rings. The van der Waals surface area contributed by atoms with Gasteiger partial charge in [0.15, 0.2) is 0 Å². The molecule has 0 atom stereocenters. The van der Waals surface area contributed by atoms with Crippen LogP contribution >= 0.6 is 0 Å². The standard InChI is InChI=1S/C12H17N3O/c13-5-6-14-8-9-1-3-11-10(7-9)2-4-12(16)15-11/h1,3,7,14H,2,4-6,8,13H2,(H,15,16). The van der Waals surface area contributed by atoms with Gasteiger partial charge in [-0.05, 0) is 23.6 Å². The summed E-state index contributed by atoms with van der Waals surface area (Å²) in [6.45, 7) is 2.31. The number of nitrogens with one attached hydrogen (secondary N) is 2. The largest absolute Gasteiger partial charge is 0.329 e. The minimum Gasteiger partial charge on any atom is -0.329 e. The first kappa shape index (κ1) is 11.1. The molecule has 4 N–H and O–H groups in total. The topological polar surface area (TPSA) is 67.1 Å². The number of carbonyl (C=O) groups is 1. The van der Waals surface area contributed by atoms with E-state index in [0.29, 0.717) is 13.0 Å². The normalized spacial score (nSPS) is 14.4. The molecule has 0 saturated heterocycles. The minimum absolute atomic E-state index is 0.113. The quantitative estimate of drug-likeness (QED) is 0.650. The van der Waals surface area contributed by atoms with Crippen LogP contribution in [0.5, 0.6) is 0 Å². The molecule has 4 heteroatoms. The van der Waals surface area contributed by atoms with Crippen molar-refractivity contribution in [3.63, 3.8) is 0 Å². The van der Waals surface area contributed by atoms with Crippen molar-refractivity contribution in [3.05, 3.63) is 29.3 Å². The summed E-state index contributed by atoms with van der Waals surface area (Å²) in [5.41, 5.74) is 8.83. The van der Waals surface area contributed by atoms with Gasteiger partial charge in [0, 0.05) is 31.7 Å². The summed E-state index contributed by atoms with van der Waals surface area (Å²) in [4.78, 5) is 11.2. The second-order valence-electron chi connectivity index (χ2n) is 4.01. The highest BCUT2D eigenvalue weighted by Gasteiger charge is 2.14. The van der Waals surface area contributed by atoms with E-state index in [1.54, 1.807) is 0 Å². The Bertz CT molecular complexity index is 390. The third kappa shape index (κ3) is 2.59. The van der Waals surface area contributed by atoms with Gasteiger partial charge in [0.1, 0.15) is 0 Å². The Balaban J connectivity index is 2.04. The van der Waals surface area contributed by atoms with E-state index in [9.17, 15) is 4.79 Å². The fraction of sp³-hybridized carbons (Fsp3) is 0.417. The molecule has 1 amide bonds. The van der Waals surface area contributed by atoms with Crippen LogP contribution < -0.4 is 16.4 Å². The predicted octanol–water partition coefficient (Wildman–Crippen LogP) is 0.620. The maximum atomic E-state index is 11.2. The summed E-state index contributed by atoms with van der Waals surface area (Å²) in [6, 6.07) is 6.16. The molecule has 0 bridgehead atoms. The number of fused-ring (bicyclic) bond motifs is 1. The Morgan fingerprint density at radius 1 is 1.38 bits per heavy atom.